The summed E-state index contributed by atoms with van der Waals surface area (Å²) in [6.45, 7) is 0. The van der Waals surface area contributed by atoms with Crippen molar-refractivity contribution in [2.75, 3.05) is 32.0 Å². The van der Waals surface area contributed by atoms with Crippen molar-refractivity contribution >= 4 is 45.2 Å². The molecule has 31 heavy (non-hydrogen) atoms. The number of fused-ring (bicyclic) bond motifs is 1. The molecule has 3 N–H and O–H groups in total. The van der Waals surface area contributed by atoms with Crippen LogP contribution in [0.5, 0.6) is 17.2 Å². The summed E-state index contributed by atoms with van der Waals surface area (Å²) in [5, 5.41) is 7.70. The number of benzene rings is 3. The predicted molar refractivity (Wildman–Crippen MR) is 129 cm³/mol. The van der Waals surface area contributed by atoms with E-state index >= 15 is 0 Å². The molecule has 1 aromatic heterocycles. The molecule has 0 aliphatic heterocycles. The third-order valence-electron chi connectivity index (χ3n) is 4.90. The third kappa shape index (κ3) is 4.27. The second-order valence-electron chi connectivity index (χ2n) is 6.80. The first-order chi connectivity index (χ1) is 15.1. The van der Waals surface area contributed by atoms with Crippen LogP contribution < -0.4 is 24.8 Å². The number of anilines is 3. The second kappa shape index (κ2) is 8.97. The Kier molecular flexibility index (Phi) is 5.95. The van der Waals surface area contributed by atoms with Crippen LogP contribution in [-0.4, -0.2) is 31.3 Å². The Bertz CT molecular complexity index is 1240. The molecule has 6 nitrogen and oxygen atoms in total. The van der Waals surface area contributed by atoms with Crippen molar-refractivity contribution in [3.63, 3.8) is 0 Å². The van der Waals surface area contributed by atoms with Crippen LogP contribution in [0.1, 0.15) is 5.69 Å². The lowest BCUT2D eigenvalue weighted by Gasteiger charge is -2.13. The van der Waals surface area contributed by atoms with Gasteiger partial charge in [0, 0.05) is 23.5 Å². The summed E-state index contributed by atoms with van der Waals surface area (Å²) in [4.78, 5) is 3.97. The monoisotopic (exact) mass is 433 g/mol. The van der Waals surface area contributed by atoms with Gasteiger partial charge in [-0.25, -0.2) is 0 Å². The van der Waals surface area contributed by atoms with E-state index in [1.165, 1.54) is 0 Å². The first-order valence-corrected chi connectivity index (χ1v) is 10.1. The van der Waals surface area contributed by atoms with E-state index in [2.05, 4.69) is 15.6 Å². The molecule has 0 radical (unpaired) electrons. The minimum Gasteiger partial charge on any atom is -0.497 e. The molecule has 0 saturated carbocycles. The lowest BCUT2D eigenvalue weighted by molar-refractivity contribution is 0.415. The zero-order valence-corrected chi connectivity index (χ0v) is 18.3. The Morgan fingerprint density at radius 2 is 1.45 bits per heavy atom. The van der Waals surface area contributed by atoms with Crippen LogP contribution >= 0.6 is 12.2 Å². The minimum atomic E-state index is 0.539. The number of hydrogen-bond donors (Lipinski definition) is 3. The molecular formula is C24H23N3O3S. The number of nitrogens with one attached hydrogen (secondary N) is 3. The van der Waals surface area contributed by atoms with Gasteiger partial charge >= 0.3 is 0 Å². The lowest BCUT2D eigenvalue weighted by Crippen LogP contribution is -2.12. The number of thiocarbonyl (C=S) groups is 1. The van der Waals surface area contributed by atoms with Gasteiger partial charge in [0.1, 0.15) is 22.2 Å². The van der Waals surface area contributed by atoms with Crippen molar-refractivity contribution in [3.05, 3.63) is 72.4 Å². The molecule has 0 spiro atoms. The first-order valence-electron chi connectivity index (χ1n) is 9.68. The van der Waals surface area contributed by atoms with E-state index in [1.807, 2.05) is 66.7 Å². The van der Waals surface area contributed by atoms with Crippen molar-refractivity contribution in [1.82, 2.24) is 4.98 Å². The summed E-state index contributed by atoms with van der Waals surface area (Å²) in [6, 6.07) is 21.2. The van der Waals surface area contributed by atoms with Gasteiger partial charge in [-0.2, -0.15) is 0 Å². The van der Waals surface area contributed by atoms with Gasteiger partial charge in [0.15, 0.2) is 0 Å². The highest BCUT2D eigenvalue weighted by Crippen LogP contribution is 2.38. The van der Waals surface area contributed by atoms with Crippen LogP contribution in [0.3, 0.4) is 0 Å². The molecule has 0 atom stereocenters. The highest BCUT2D eigenvalue weighted by atomic mass is 32.1. The summed E-state index contributed by atoms with van der Waals surface area (Å²) in [6.07, 6.45) is 0. The van der Waals surface area contributed by atoms with Gasteiger partial charge in [0.2, 0.25) is 0 Å². The normalized spacial score (nSPS) is 10.5. The maximum atomic E-state index is 5.77. The van der Waals surface area contributed by atoms with Crippen molar-refractivity contribution in [2.45, 2.75) is 0 Å². The lowest BCUT2D eigenvalue weighted by atomic mass is 10.1. The van der Waals surface area contributed by atoms with Crippen LogP contribution in [0.25, 0.3) is 10.9 Å². The van der Waals surface area contributed by atoms with E-state index in [1.54, 1.807) is 21.3 Å². The van der Waals surface area contributed by atoms with Gasteiger partial charge in [-0.3, -0.25) is 0 Å². The molecular weight excluding hydrogens is 410 g/mol. The van der Waals surface area contributed by atoms with Crippen LogP contribution in [0, 0.1) is 0 Å². The van der Waals surface area contributed by atoms with E-state index < -0.39 is 0 Å². The molecule has 0 unspecified atom stereocenters. The Morgan fingerprint density at radius 3 is 2.13 bits per heavy atom. The summed E-state index contributed by atoms with van der Waals surface area (Å²) < 4.78 is 16.3. The van der Waals surface area contributed by atoms with Crippen LogP contribution in [-0.2, 0) is 0 Å². The van der Waals surface area contributed by atoms with Gasteiger partial charge < -0.3 is 29.8 Å². The summed E-state index contributed by atoms with van der Waals surface area (Å²) >= 11 is 5.77. The number of methoxy groups -OCH3 is 3. The summed E-state index contributed by atoms with van der Waals surface area (Å²) in [5.41, 5.74) is 4.19. The van der Waals surface area contributed by atoms with Crippen molar-refractivity contribution in [3.8, 4) is 17.2 Å². The highest BCUT2D eigenvalue weighted by Gasteiger charge is 2.19. The molecule has 0 amide bonds. The molecule has 4 rings (SSSR count). The van der Waals surface area contributed by atoms with Crippen LogP contribution in [0.15, 0.2) is 66.7 Å². The summed E-state index contributed by atoms with van der Waals surface area (Å²) in [7, 11) is 4.94. The predicted octanol–water partition coefficient (Wildman–Crippen LogP) is 5.72. The molecule has 0 aliphatic carbocycles. The molecule has 0 bridgehead atoms. The topological polar surface area (TPSA) is 67.5 Å². The number of aromatic nitrogens is 1. The molecule has 0 saturated heterocycles. The minimum absolute atomic E-state index is 0.539. The van der Waals surface area contributed by atoms with Gasteiger partial charge in [0.25, 0.3) is 0 Å². The fourth-order valence-electron chi connectivity index (χ4n) is 3.42. The van der Waals surface area contributed by atoms with E-state index in [0.29, 0.717) is 4.99 Å². The quantitative estimate of drug-likeness (QED) is 0.324. The number of aromatic amines is 1. The van der Waals surface area contributed by atoms with E-state index in [0.717, 1.165) is 50.9 Å². The Morgan fingerprint density at radius 1 is 0.806 bits per heavy atom. The van der Waals surface area contributed by atoms with Crippen molar-refractivity contribution < 1.29 is 14.2 Å². The average molecular weight is 434 g/mol. The number of ether oxygens (including phenoxy) is 3. The third-order valence-corrected chi connectivity index (χ3v) is 5.21. The van der Waals surface area contributed by atoms with E-state index in [4.69, 9.17) is 26.4 Å². The molecule has 7 heteroatoms. The maximum Gasteiger partial charge on any atom is 0.130 e. The van der Waals surface area contributed by atoms with Crippen molar-refractivity contribution in [1.29, 1.82) is 0 Å². The van der Waals surface area contributed by atoms with Gasteiger partial charge in [0.05, 0.1) is 43.6 Å². The van der Waals surface area contributed by atoms with Crippen molar-refractivity contribution in [2.24, 2.45) is 0 Å². The average Bonchev–Trinajstić information content (AvgIpc) is 3.18. The van der Waals surface area contributed by atoms with Crippen LogP contribution in [0.2, 0.25) is 0 Å². The zero-order valence-electron chi connectivity index (χ0n) is 17.5. The molecule has 1 heterocycles. The zero-order chi connectivity index (χ0) is 21.8. The Labute approximate surface area is 186 Å². The standard InChI is InChI=1S/C24H23N3O3S/c1-28-17-9-4-7-15(13-17)25-22-21-19(11-6-12-20(21)30-3)27-23(22)24(31)26-16-8-5-10-18(14-16)29-2/h4-14,25,27H,1-3H3,(H,26,31). The van der Waals surface area contributed by atoms with E-state index in [9.17, 15) is 0 Å². The van der Waals surface area contributed by atoms with Gasteiger partial charge in [-0.15, -0.1) is 0 Å². The first kappa shape index (κ1) is 20.6. The number of hydrogen-bond acceptors (Lipinski definition) is 5. The fraction of sp³-hybridized carbons (Fsp3) is 0.125. The largest absolute Gasteiger partial charge is 0.497 e. The molecule has 3 aromatic carbocycles. The van der Waals surface area contributed by atoms with Crippen LogP contribution in [0.4, 0.5) is 17.1 Å². The molecule has 4 aromatic rings. The number of rotatable bonds is 7. The number of H-pyrrole nitrogens is 1. The SMILES string of the molecule is COc1cccc(NC(=S)c2[nH]c3cccc(OC)c3c2Nc2cccc(OC)c2)c1. The second-order valence-corrected chi connectivity index (χ2v) is 7.21. The van der Waals surface area contributed by atoms with E-state index in [-0.39, 0.29) is 0 Å². The molecule has 158 valence electrons. The summed E-state index contributed by atoms with van der Waals surface area (Å²) in [5.74, 6) is 2.26. The highest BCUT2D eigenvalue weighted by molar-refractivity contribution is 7.81. The Hall–Kier alpha value is -3.71. The molecule has 0 fully saturated rings. The smallest absolute Gasteiger partial charge is 0.130 e. The fourth-order valence-corrected chi connectivity index (χ4v) is 3.69. The Balaban J connectivity index is 1.78. The molecule has 0 aliphatic rings. The van der Waals surface area contributed by atoms with Gasteiger partial charge in [-0.05, 0) is 36.4 Å². The maximum absolute atomic E-state index is 5.77. The van der Waals surface area contributed by atoms with Gasteiger partial charge in [-0.1, -0.05) is 30.4 Å².